The number of alkyl carbamates (subject to hydrolysis) is 1. The van der Waals surface area contributed by atoms with E-state index >= 15 is 0 Å². The third-order valence-electron chi connectivity index (χ3n) is 3.20. The number of carbonyl (C=O) groups excluding carboxylic acids is 3. The molecule has 2 amide bonds. The largest absolute Gasteiger partial charge is 0.486 e. The molecule has 0 heterocycles. The van der Waals surface area contributed by atoms with Crippen molar-refractivity contribution < 1.29 is 23.9 Å². The normalized spacial score (nSPS) is 12.7. The highest BCUT2D eigenvalue weighted by Crippen LogP contribution is 2.13. The molecule has 0 radical (unpaired) electrons. The number of benzene rings is 1. The van der Waals surface area contributed by atoms with Crippen LogP contribution in [-0.2, 0) is 9.53 Å². The molecule has 0 spiro atoms. The maximum Gasteiger partial charge on any atom is 0.408 e. The molecule has 0 aromatic heterocycles. The van der Waals surface area contributed by atoms with E-state index in [-0.39, 0.29) is 23.8 Å². The first-order chi connectivity index (χ1) is 12.3. The fourth-order valence-electron chi connectivity index (χ4n) is 1.96. The van der Waals surface area contributed by atoms with Gasteiger partial charge in [0, 0.05) is 11.1 Å². The van der Waals surface area contributed by atoms with E-state index in [2.05, 4.69) is 10.6 Å². The van der Waals surface area contributed by atoms with Gasteiger partial charge in [-0.3, -0.25) is 9.59 Å². The lowest BCUT2D eigenvalue weighted by atomic mass is 10.1. The third-order valence-corrected chi connectivity index (χ3v) is 3.20. The monoisotopic (exact) mass is 378 g/mol. The van der Waals surface area contributed by atoms with Crippen LogP contribution in [0.1, 0.15) is 58.8 Å². The molecule has 7 nitrogen and oxygen atoms in total. The number of ether oxygens (including phenoxy) is 2. The summed E-state index contributed by atoms with van der Waals surface area (Å²) in [6.07, 6.45) is -0.655. The van der Waals surface area contributed by atoms with Crippen LogP contribution in [0.5, 0.6) is 5.75 Å². The summed E-state index contributed by atoms with van der Waals surface area (Å²) in [7, 11) is 0. The second-order valence-corrected chi connectivity index (χ2v) is 8.35. The van der Waals surface area contributed by atoms with Gasteiger partial charge >= 0.3 is 6.09 Å². The Kier molecular flexibility index (Phi) is 7.39. The van der Waals surface area contributed by atoms with Crippen molar-refractivity contribution in [3.8, 4) is 5.75 Å². The Morgan fingerprint density at radius 1 is 1.00 bits per heavy atom. The summed E-state index contributed by atoms with van der Waals surface area (Å²) in [5.74, 6) is -0.0177. The number of ketones is 1. The van der Waals surface area contributed by atoms with Crippen molar-refractivity contribution in [2.24, 2.45) is 0 Å². The average Bonchev–Trinajstić information content (AvgIpc) is 2.49. The van der Waals surface area contributed by atoms with Gasteiger partial charge < -0.3 is 20.1 Å². The van der Waals surface area contributed by atoms with Crippen molar-refractivity contribution in [1.82, 2.24) is 10.6 Å². The van der Waals surface area contributed by atoms with Crippen LogP contribution < -0.4 is 15.4 Å². The molecule has 0 bridgehead atoms. The summed E-state index contributed by atoms with van der Waals surface area (Å²) >= 11 is 0. The standard InChI is InChI=1S/C20H30N2O5/c1-13(21-18(25)27-20(5,6)7)16(23)12-26-15-10-8-14(9-11-15)17(24)22-19(2,3)4/h8-11,13H,12H2,1-7H3,(H,21,25)(H,22,24)/t13-/m1/s1. The van der Waals surface area contributed by atoms with Crippen molar-refractivity contribution in [1.29, 1.82) is 0 Å². The number of rotatable bonds is 6. The van der Waals surface area contributed by atoms with Crippen LogP contribution in [0.3, 0.4) is 0 Å². The minimum absolute atomic E-state index is 0.180. The first kappa shape index (κ1) is 22.5. The van der Waals surface area contributed by atoms with Gasteiger partial charge in [0.1, 0.15) is 18.0 Å². The lowest BCUT2D eigenvalue weighted by molar-refractivity contribution is -0.122. The quantitative estimate of drug-likeness (QED) is 0.793. The van der Waals surface area contributed by atoms with Crippen molar-refractivity contribution in [3.05, 3.63) is 29.8 Å². The fraction of sp³-hybridized carbons (Fsp3) is 0.550. The van der Waals surface area contributed by atoms with Gasteiger partial charge in [0.15, 0.2) is 5.78 Å². The summed E-state index contributed by atoms with van der Waals surface area (Å²) < 4.78 is 10.5. The minimum atomic E-state index is -0.739. The zero-order valence-corrected chi connectivity index (χ0v) is 17.1. The summed E-state index contributed by atoms with van der Waals surface area (Å²) in [6.45, 7) is 12.3. The van der Waals surface area contributed by atoms with Crippen LogP contribution in [0.2, 0.25) is 0 Å². The Balaban J connectivity index is 2.52. The van der Waals surface area contributed by atoms with Gasteiger partial charge in [0.2, 0.25) is 0 Å². The van der Waals surface area contributed by atoms with Gasteiger partial charge in [-0.05, 0) is 72.7 Å². The van der Waals surface area contributed by atoms with Crippen LogP contribution >= 0.6 is 0 Å². The van der Waals surface area contributed by atoms with E-state index < -0.39 is 17.7 Å². The van der Waals surface area contributed by atoms with E-state index in [1.807, 2.05) is 20.8 Å². The van der Waals surface area contributed by atoms with Crippen molar-refractivity contribution >= 4 is 17.8 Å². The summed E-state index contributed by atoms with van der Waals surface area (Å²) in [5, 5.41) is 5.34. The summed E-state index contributed by atoms with van der Waals surface area (Å²) in [4.78, 5) is 35.8. The van der Waals surface area contributed by atoms with Crippen LogP contribution in [-0.4, -0.2) is 41.6 Å². The molecule has 0 saturated heterocycles. The molecule has 0 saturated carbocycles. The predicted molar refractivity (Wildman–Crippen MR) is 103 cm³/mol. The molecule has 0 aliphatic rings. The molecule has 2 N–H and O–H groups in total. The number of Topliss-reactive ketones (excluding diaryl/α,β-unsaturated/α-hetero) is 1. The Morgan fingerprint density at radius 3 is 2.04 bits per heavy atom. The molecule has 1 rings (SSSR count). The third kappa shape index (κ3) is 9.08. The van der Waals surface area contributed by atoms with E-state index in [1.54, 1.807) is 52.0 Å². The topological polar surface area (TPSA) is 93.7 Å². The molecule has 27 heavy (non-hydrogen) atoms. The lowest BCUT2D eigenvalue weighted by Gasteiger charge is -2.21. The minimum Gasteiger partial charge on any atom is -0.486 e. The lowest BCUT2D eigenvalue weighted by Crippen LogP contribution is -2.43. The number of hydrogen-bond donors (Lipinski definition) is 2. The van der Waals surface area contributed by atoms with Gasteiger partial charge in [-0.1, -0.05) is 0 Å². The molecule has 1 aromatic carbocycles. The molecule has 0 unspecified atom stereocenters. The Hall–Kier alpha value is -2.57. The molecular weight excluding hydrogens is 348 g/mol. The average molecular weight is 378 g/mol. The van der Waals surface area contributed by atoms with E-state index in [1.165, 1.54) is 0 Å². The summed E-state index contributed by atoms with van der Waals surface area (Å²) in [5.41, 5.74) is -0.455. The maximum atomic E-state index is 12.1. The molecule has 0 aliphatic carbocycles. The van der Waals surface area contributed by atoms with Crippen molar-refractivity contribution in [3.63, 3.8) is 0 Å². The number of amides is 2. The highest BCUT2D eigenvalue weighted by Gasteiger charge is 2.21. The van der Waals surface area contributed by atoms with Gasteiger partial charge in [-0.15, -0.1) is 0 Å². The van der Waals surface area contributed by atoms with E-state index in [9.17, 15) is 14.4 Å². The van der Waals surface area contributed by atoms with E-state index in [0.717, 1.165) is 0 Å². The maximum absolute atomic E-state index is 12.1. The van der Waals surface area contributed by atoms with E-state index in [4.69, 9.17) is 9.47 Å². The van der Waals surface area contributed by atoms with Gasteiger partial charge in [-0.25, -0.2) is 4.79 Å². The van der Waals surface area contributed by atoms with Crippen LogP contribution in [0, 0.1) is 0 Å². The Morgan fingerprint density at radius 2 is 1.56 bits per heavy atom. The number of hydrogen-bond acceptors (Lipinski definition) is 5. The van der Waals surface area contributed by atoms with Gasteiger partial charge in [-0.2, -0.15) is 0 Å². The Labute approximate surface area is 160 Å². The zero-order valence-electron chi connectivity index (χ0n) is 17.1. The predicted octanol–water partition coefficient (Wildman–Crippen LogP) is 3.08. The smallest absolute Gasteiger partial charge is 0.408 e. The molecule has 0 fully saturated rings. The van der Waals surface area contributed by atoms with Crippen molar-refractivity contribution in [2.75, 3.05) is 6.61 Å². The first-order valence-electron chi connectivity index (χ1n) is 8.84. The second-order valence-electron chi connectivity index (χ2n) is 8.35. The van der Waals surface area contributed by atoms with Crippen LogP contribution in [0.15, 0.2) is 24.3 Å². The van der Waals surface area contributed by atoms with Crippen LogP contribution in [0.4, 0.5) is 4.79 Å². The second kappa shape index (κ2) is 8.88. The van der Waals surface area contributed by atoms with Crippen molar-refractivity contribution in [2.45, 2.75) is 65.6 Å². The SMILES string of the molecule is C[C@@H](NC(=O)OC(C)(C)C)C(=O)COc1ccc(C(=O)NC(C)(C)C)cc1. The van der Waals surface area contributed by atoms with Gasteiger partial charge in [0.25, 0.3) is 5.91 Å². The molecule has 1 aromatic rings. The molecule has 1 atom stereocenters. The Bertz CT molecular complexity index is 669. The summed E-state index contributed by atoms with van der Waals surface area (Å²) in [6, 6.07) is 5.76. The highest BCUT2D eigenvalue weighted by molar-refractivity contribution is 5.94. The highest BCUT2D eigenvalue weighted by atomic mass is 16.6. The van der Waals surface area contributed by atoms with Crippen LogP contribution in [0.25, 0.3) is 0 Å². The molecule has 0 aliphatic heterocycles. The number of carbonyl (C=O) groups is 3. The molecule has 7 heteroatoms. The molecular formula is C20H30N2O5. The first-order valence-corrected chi connectivity index (χ1v) is 8.84. The van der Waals surface area contributed by atoms with E-state index in [0.29, 0.717) is 11.3 Å². The number of nitrogens with one attached hydrogen (secondary N) is 2. The zero-order chi connectivity index (χ0) is 20.8. The fourth-order valence-corrected chi connectivity index (χ4v) is 1.96. The molecule has 150 valence electrons. The van der Waals surface area contributed by atoms with Gasteiger partial charge in [0.05, 0.1) is 6.04 Å².